The van der Waals surface area contributed by atoms with Crippen molar-refractivity contribution in [2.75, 3.05) is 6.61 Å². The molecule has 0 spiro atoms. The lowest BCUT2D eigenvalue weighted by atomic mass is 9.85. The molecule has 1 aromatic carbocycles. The Morgan fingerprint density at radius 3 is 2.78 bits per heavy atom. The van der Waals surface area contributed by atoms with Crippen molar-refractivity contribution in [3.8, 4) is 0 Å². The van der Waals surface area contributed by atoms with E-state index in [4.69, 9.17) is 9.84 Å². The van der Waals surface area contributed by atoms with E-state index in [1.165, 1.54) is 6.07 Å². The molecule has 1 aliphatic heterocycles. The van der Waals surface area contributed by atoms with Crippen molar-refractivity contribution in [2.24, 2.45) is 5.92 Å². The number of hydrogen-bond donors (Lipinski definition) is 1. The van der Waals surface area contributed by atoms with Crippen LogP contribution < -0.4 is 0 Å². The van der Waals surface area contributed by atoms with Crippen molar-refractivity contribution >= 4 is 5.97 Å². The zero-order chi connectivity index (χ0) is 13.3. The van der Waals surface area contributed by atoms with Crippen LogP contribution in [0.2, 0.25) is 0 Å². The molecule has 0 aromatic heterocycles. The second kappa shape index (κ2) is 4.65. The average Bonchev–Trinajstić information content (AvgIpc) is 2.74. The monoisotopic (exact) mass is 256 g/mol. The van der Waals surface area contributed by atoms with Crippen LogP contribution in [0.1, 0.15) is 25.3 Å². The predicted molar refractivity (Wildman–Crippen MR) is 60.0 cm³/mol. The van der Waals surface area contributed by atoms with E-state index in [1.54, 1.807) is 6.92 Å². The third kappa shape index (κ3) is 2.10. The van der Waals surface area contributed by atoms with Crippen LogP contribution in [-0.2, 0) is 15.1 Å². The van der Waals surface area contributed by atoms with Crippen LogP contribution in [0.5, 0.6) is 0 Å². The van der Waals surface area contributed by atoms with Crippen molar-refractivity contribution in [3.05, 3.63) is 35.4 Å². The van der Waals surface area contributed by atoms with Gasteiger partial charge in [-0.2, -0.15) is 0 Å². The lowest BCUT2D eigenvalue weighted by molar-refractivity contribution is -0.141. The summed E-state index contributed by atoms with van der Waals surface area (Å²) in [5.74, 6) is -2.94. The minimum Gasteiger partial charge on any atom is -0.481 e. The van der Waals surface area contributed by atoms with Gasteiger partial charge in [-0.25, -0.2) is 8.78 Å². The van der Waals surface area contributed by atoms with E-state index >= 15 is 0 Å². The highest BCUT2D eigenvalue weighted by Gasteiger charge is 2.44. The Balaban J connectivity index is 2.37. The maximum absolute atomic E-state index is 13.8. The topological polar surface area (TPSA) is 46.5 Å². The second-order valence-corrected chi connectivity index (χ2v) is 4.52. The van der Waals surface area contributed by atoms with E-state index in [1.807, 2.05) is 0 Å². The fourth-order valence-electron chi connectivity index (χ4n) is 2.42. The van der Waals surface area contributed by atoms with Crippen molar-refractivity contribution in [3.63, 3.8) is 0 Å². The van der Waals surface area contributed by atoms with Crippen LogP contribution in [0.3, 0.4) is 0 Å². The van der Waals surface area contributed by atoms with Gasteiger partial charge in [-0.05, 0) is 18.9 Å². The van der Waals surface area contributed by atoms with Crippen molar-refractivity contribution in [1.82, 2.24) is 0 Å². The Labute approximate surface area is 103 Å². The van der Waals surface area contributed by atoms with Gasteiger partial charge in [0.05, 0.1) is 18.1 Å². The summed E-state index contributed by atoms with van der Waals surface area (Å²) in [6.07, 6.45) is 0.653. The van der Waals surface area contributed by atoms with Crippen LogP contribution in [0.4, 0.5) is 8.78 Å². The highest BCUT2D eigenvalue weighted by molar-refractivity contribution is 5.70. The zero-order valence-corrected chi connectivity index (χ0v) is 9.95. The molecule has 1 aliphatic rings. The van der Waals surface area contributed by atoms with Gasteiger partial charge in [0.15, 0.2) is 0 Å². The number of halogens is 2. The molecule has 0 saturated carbocycles. The molecule has 5 heteroatoms. The number of carbonyl (C=O) groups is 1. The average molecular weight is 256 g/mol. The minimum atomic E-state index is -0.958. The van der Waals surface area contributed by atoms with Gasteiger partial charge >= 0.3 is 5.97 Å². The Morgan fingerprint density at radius 2 is 2.28 bits per heavy atom. The normalized spacial score (nSPS) is 27.4. The molecule has 2 unspecified atom stereocenters. The van der Waals surface area contributed by atoms with Crippen LogP contribution >= 0.6 is 0 Å². The quantitative estimate of drug-likeness (QED) is 0.904. The van der Waals surface area contributed by atoms with E-state index in [0.717, 1.165) is 12.1 Å². The Kier molecular flexibility index (Phi) is 3.34. The maximum atomic E-state index is 13.8. The Bertz CT molecular complexity index is 475. The van der Waals surface area contributed by atoms with Crippen molar-refractivity contribution < 1.29 is 23.4 Å². The third-order valence-corrected chi connectivity index (χ3v) is 3.48. The SMILES string of the molecule is CCC1(c2ccc(F)cc2F)CC(C(=O)O)CO1. The van der Waals surface area contributed by atoms with Gasteiger partial charge in [0, 0.05) is 11.6 Å². The number of benzene rings is 1. The van der Waals surface area contributed by atoms with E-state index in [9.17, 15) is 13.6 Å². The Morgan fingerprint density at radius 1 is 1.56 bits per heavy atom. The molecule has 3 nitrogen and oxygen atoms in total. The second-order valence-electron chi connectivity index (χ2n) is 4.52. The summed E-state index contributed by atoms with van der Waals surface area (Å²) in [5, 5.41) is 8.97. The Hall–Kier alpha value is -1.49. The first-order valence-electron chi connectivity index (χ1n) is 5.81. The summed E-state index contributed by atoms with van der Waals surface area (Å²) in [5.41, 5.74) is -0.726. The molecule has 0 bridgehead atoms. The van der Waals surface area contributed by atoms with Crippen LogP contribution in [-0.4, -0.2) is 17.7 Å². The largest absolute Gasteiger partial charge is 0.481 e. The number of rotatable bonds is 3. The zero-order valence-electron chi connectivity index (χ0n) is 9.95. The van der Waals surface area contributed by atoms with Gasteiger partial charge in [-0.15, -0.1) is 0 Å². The first-order chi connectivity index (χ1) is 8.48. The van der Waals surface area contributed by atoms with Crippen molar-refractivity contribution in [1.29, 1.82) is 0 Å². The summed E-state index contributed by atoms with van der Waals surface area (Å²) < 4.78 is 32.2. The molecule has 0 radical (unpaired) electrons. The molecule has 1 heterocycles. The van der Waals surface area contributed by atoms with E-state index in [-0.39, 0.29) is 18.6 Å². The molecule has 18 heavy (non-hydrogen) atoms. The number of hydrogen-bond acceptors (Lipinski definition) is 2. The van der Waals surface area contributed by atoms with Gasteiger partial charge in [0.1, 0.15) is 11.6 Å². The highest BCUT2D eigenvalue weighted by Crippen LogP contribution is 2.42. The first-order valence-corrected chi connectivity index (χ1v) is 5.81. The number of carboxylic acid groups (broad SMARTS) is 1. The highest BCUT2D eigenvalue weighted by atomic mass is 19.1. The van der Waals surface area contributed by atoms with E-state index in [2.05, 4.69) is 0 Å². The standard InChI is InChI=1S/C13H14F2O3/c1-2-13(6-8(7-18-13)12(16)17)10-4-3-9(14)5-11(10)15/h3-5,8H,2,6-7H2,1H3,(H,16,17). The van der Waals surface area contributed by atoms with Gasteiger partial charge in [0.25, 0.3) is 0 Å². The van der Waals surface area contributed by atoms with Crippen molar-refractivity contribution in [2.45, 2.75) is 25.4 Å². The summed E-state index contributed by atoms with van der Waals surface area (Å²) in [7, 11) is 0. The summed E-state index contributed by atoms with van der Waals surface area (Å²) >= 11 is 0. The van der Waals surface area contributed by atoms with Gasteiger partial charge in [0.2, 0.25) is 0 Å². The molecule has 98 valence electrons. The predicted octanol–water partition coefficient (Wildman–Crippen LogP) is 2.69. The van der Waals surface area contributed by atoms with Crippen LogP contribution in [0.25, 0.3) is 0 Å². The van der Waals surface area contributed by atoms with Gasteiger partial charge in [-0.3, -0.25) is 4.79 Å². The molecular weight excluding hydrogens is 242 g/mol. The molecule has 2 atom stereocenters. The third-order valence-electron chi connectivity index (χ3n) is 3.48. The molecule has 1 saturated heterocycles. The summed E-state index contributed by atoms with van der Waals surface area (Å²) in [6.45, 7) is 1.85. The van der Waals surface area contributed by atoms with Crippen LogP contribution in [0, 0.1) is 17.6 Å². The summed E-state index contributed by atoms with van der Waals surface area (Å²) in [4.78, 5) is 10.9. The fourth-order valence-corrected chi connectivity index (χ4v) is 2.42. The van der Waals surface area contributed by atoms with Gasteiger partial charge in [-0.1, -0.05) is 13.0 Å². The minimum absolute atomic E-state index is 0.0555. The van der Waals surface area contributed by atoms with E-state index in [0.29, 0.717) is 6.42 Å². The molecule has 0 amide bonds. The van der Waals surface area contributed by atoms with E-state index < -0.39 is 29.1 Å². The van der Waals surface area contributed by atoms with Gasteiger partial charge < -0.3 is 9.84 Å². The summed E-state index contributed by atoms with van der Waals surface area (Å²) in [6, 6.07) is 3.29. The molecular formula is C13H14F2O3. The fraction of sp³-hybridized carbons (Fsp3) is 0.462. The number of ether oxygens (including phenoxy) is 1. The lowest BCUT2D eigenvalue weighted by Crippen LogP contribution is -2.26. The number of aliphatic carboxylic acids is 1. The maximum Gasteiger partial charge on any atom is 0.308 e. The van der Waals surface area contributed by atoms with Crippen LogP contribution in [0.15, 0.2) is 18.2 Å². The molecule has 1 aromatic rings. The molecule has 1 fully saturated rings. The molecule has 1 N–H and O–H groups in total. The molecule has 2 rings (SSSR count). The number of carboxylic acids is 1. The smallest absolute Gasteiger partial charge is 0.308 e. The first kappa shape index (κ1) is 13.0. The lowest BCUT2D eigenvalue weighted by Gasteiger charge is -2.28. The molecule has 0 aliphatic carbocycles.